The Kier molecular flexibility index (Phi) is 8.08. The fourth-order valence-corrected chi connectivity index (χ4v) is 10.3. The highest BCUT2D eigenvalue weighted by Gasteiger charge is 2.54. The molecule has 5 aromatic rings. The second-order valence-electron chi connectivity index (χ2n) is 9.08. The summed E-state index contributed by atoms with van der Waals surface area (Å²) in [6, 6.07) is 38.6. The van der Waals surface area contributed by atoms with Crippen LogP contribution < -0.4 is 15.9 Å². The number of alkyl halides is 3. The van der Waals surface area contributed by atoms with Crippen molar-refractivity contribution in [1.29, 1.82) is 0 Å². The maximum atomic E-state index is 13.6. The van der Waals surface area contributed by atoms with Gasteiger partial charge in [0.2, 0.25) is 0 Å². The molecule has 0 bridgehead atoms. The molecule has 5 rings (SSSR count). The number of benzene rings is 5. The van der Waals surface area contributed by atoms with E-state index in [0.29, 0.717) is 15.1 Å². The first-order valence-corrected chi connectivity index (χ1v) is 15.1. The second kappa shape index (κ2) is 11.4. The Morgan fingerprint density at radius 3 is 1.18 bits per heavy atom. The average molecular weight is 601 g/mol. The Balaban J connectivity index is 1.92. The lowest BCUT2D eigenvalue weighted by Gasteiger charge is -2.35. The Morgan fingerprint density at radius 2 is 0.821 bits per heavy atom. The molecule has 0 aromatic heterocycles. The van der Waals surface area contributed by atoms with Crippen LogP contribution in [0.5, 0.6) is 0 Å². The van der Waals surface area contributed by atoms with E-state index < -0.39 is 19.0 Å². The van der Waals surface area contributed by atoms with Gasteiger partial charge in [0.25, 0.3) is 0 Å². The van der Waals surface area contributed by atoms with Gasteiger partial charge in [0, 0.05) is 15.1 Å². The predicted molar refractivity (Wildman–Crippen MR) is 160 cm³/mol. The van der Waals surface area contributed by atoms with Crippen molar-refractivity contribution in [1.82, 2.24) is 0 Å². The van der Waals surface area contributed by atoms with Crippen LogP contribution in [0, 0.1) is 0 Å². The van der Waals surface area contributed by atoms with Gasteiger partial charge in [-0.2, -0.15) is 13.2 Å². The van der Waals surface area contributed by atoms with Crippen LogP contribution >= 0.6 is 42.1 Å². The molecule has 5 aromatic carbocycles. The summed E-state index contributed by atoms with van der Waals surface area (Å²) in [5.41, 5.74) is 0.726. The molecule has 0 radical (unpaired) electrons. The van der Waals surface area contributed by atoms with Gasteiger partial charge < -0.3 is 0 Å². The predicted octanol–water partition coefficient (Wildman–Crippen LogP) is 9.75. The molecule has 0 fully saturated rings. The molecule has 0 aliphatic carbocycles. The zero-order valence-corrected chi connectivity index (χ0v) is 23.6. The van der Waals surface area contributed by atoms with Gasteiger partial charge in [-0.1, -0.05) is 77.3 Å². The number of halogens is 6. The molecule has 0 amide bonds. The number of hydrogen-bond donors (Lipinski definition) is 0. The van der Waals surface area contributed by atoms with E-state index in [1.165, 1.54) is 0 Å². The van der Waals surface area contributed by atoms with Crippen LogP contribution in [-0.4, -0.2) is 0 Å². The minimum Gasteiger partial charge on any atom is -0.166 e. The topological polar surface area (TPSA) is 0 Å². The van der Waals surface area contributed by atoms with Gasteiger partial charge in [-0.05, 0) is 96.1 Å². The highest BCUT2D eigenvalue weighted by molar-refractivity contribution is 7.96. The Hall–Kier alpha value is -2.81. The summed E-state index contributed by atoms with van der Waals surface area (Å²) in [7, 11) is -2.68. The third kappa shape index (κ3) is 5.60. The van der Waals surface area contributed by atoms with Gasteiger partial charge in [0.15, 0.2) is 0 Å². The van der Waals surface area contributed by atoms with Crippen LogP contribution in [0.4, 0.5) is 13.2 Å². The van der Waals surface area contributed by atoms with Gasteiger partial charge in [-0.25, -0.2) is 0 Å². The quantitative estimate of drug-likeness (QED) is 0.170. The van der Waals surface area contributed by atoms with E-state index in [0.717, 1.165) is 39.2 Å². The van der Waals surface area contributed by atoms with Gasteiger partial charge in [0.05, 0.1) is 5.56 Å². The maximum Gasteiger partial charge on any atom is 0.416 e. The molecule has 0 spiro atoms. The lowest BCUT2D eigenvalue weighted by Crippen LogP contribution is -2.35. The molecular formula is C32H22Cl3F3P+. The lowest BCUT2D eigenvalue weighted by atomic mass is 10.0. The second-order valence-corrected chi connectivity index (χ2v) is 13.9. The molecule has 0 saturated heterocycles. The van der Waals surface area contributed by atoms with Crippen LogP contribution in [0.15, 0.2) is 127 Å². The van der Waals surface area contributed by atoms with Crippen molar-refractivity contribution < 1.29 is 13.2 Å². The summed E-state index contributed by atoms with van der Waals surface area (Å²) in [6.07, 6.45) is -4.43. The largest absolute Gasteiger partial charge is 0.416 e. The molecule has 0 N–H and O–H groups in total. The first-order valence-electron chi connectivity index (χ1n) is 12.1. The highest BCUT2D eigenvalue weighted by atomic mass is 35.5. The van der Waals surface area contributed by atoms with Crippen molar-refractivity contribution >= 4 is 58.0 Å². The molecule has 1 atom stereocenters. The summed E-state index contributed by atoms with van der Waals surface area (Å²) < 4.78 is 40.7. The standard InChI is InChI=1S/C32H22Cl3F3P/c33-25-10-16-28(17-11-25)39(29-18-12-26(34)13-19-29,30-20-14-27(35)15-21-30)31(22-4-2-1-3-5-22)23-6-8-24(9-7-23)32(36,37)38/h1-21,31H/q+1. The maximum absolute atomic E-state index is 13.6. The average Bonchev–Trinajstić information content (AvgIpc) is 2.93. The summed E-state index contributed by atoms with van der Waals surface area (Å²) in [5.74, 6) is 0. The van der Waals surface area contributed by atoms with Crippen LogP contribution in [-0.2, 0) is 6.18 Å². The third-order valence-corrected chi connectivity index (χ3v) is 12.2. The zero-order chi connectivity index (χ0) is 27.6. The summed E-state index contributed by atoms with van der Waals surface area (Å²) in [5, 5.41) is 4.83. The molecule has 0 heterocycles. The first kappa shape index (κ1) is 27.7. The molecular weight excluding hydrogens is 579 g/mol. The van der Waals surface area contributed by atoms with Gasteiger partial charge in [0.1, 0.15) is 28.8 Å². The van der Waals surface area contributed by atoms with Crippen molar-refractivity contribution in [2.24, 2.45) is 0 Å². The van der Waals surface area contributed by atoms with E-state index in [1.807, 2.05) is 103 Å². The molecule has 0 nitrogen and oxygen atoms in total. The summed E-state index contributed by atoms with van der Waals surface area (Å²) in [6.45, 7) is 0. The smallest absolute Gasteiger partial charge is 0.166 e. The SMILES string of the molecule is FC(F)(F)c1ccc(C(c2ccccc2)[P+](c2ccc(Cl)cc2)(c2ccc(Cl)cc2)c2ccc(Cl)cc2)cc1. The van der Waals surface area contributed by atoms with E-state index in [1.54, 1.807) is 12.1 Å². The molecule has 0 saturated carbocycles. The van der Waals surface area contributed by atoms with Crippen LogP contribution in [0.1, 0.15) is 22.3 Å². The van der Waals surface area contributed by atoms with Crippen molar-refractivity contribution in [2.75, 3.05) is 0 Å². The van der Waals surface area contributed by atoms with E-state index in [4.69, 9.17) is 34.8 Å². The zero-order valence-electron chi connectivity index (χ0n) is 20.4. The Bertz CT molecular complexity index is 1420. The number of hydrogen-bond acceptors (Lipinski definition) is 0. The first-order chi connectivity index (χ1) is 18.7. The minimum atomic E-state index is -4.43. The van der Waals surface area contributed by atoms with Gasteiger partial charge >= 0.3 is 6.18 Å². The number of rotatable bonds is 6. The van der Waals surface area contributed by atoms with Crippen LogP contribution in [0.2, 0.25) is 15.1 Å². The van der Waals surface area contributed by atoms with Gasteiger partial charge in [-0.15, -0.1) is 0 Å². The lowest BCUT2D eigenvalue weighted by molar-refractivity contribution is -0.137. The van der Waals surface area contributed by atoms with Crippen LogP contribution in [0.3, 0.4) is 0 Å². The fourth-order valence-electron chi connectivity index (χ4n) is 5.05. The minimum absolute atomic E-state index is 0.329. The van der Waals surface area contributed by atoms with Gasteiger partial charge in [-0.3, -0.25) is 0 Å². The summed E-state index contributed by atoms with van der Waals surface area (Å²) >= 11 is 19.0. The van der Waals surface area contributed by atoms with Crippen molar-refractivity contribution in [3.63, 3.8) is 0 Å². The molecule has 7 heteroatoms. The fraction of sp³-hybridized carbons (Fsp3) is 0.0625. The summed E-state index contributed by atoms with van der Waals surface area (Å²) in [4.78, 5) is 0. The molecule has 0 aliphatic rings. The normalized spacial score (nSPS) is 12.8. The van der Waals surface area contributed by atoms with E-state index >= 15 is 0 Å². The molecule has 39 heavy (non-hydrogen) atoms. The van der Waals surface area contributed by atoms with Crippen molar-refractivity contribution in [3.05, 3.63) is 159 Å². The monoisotopic (exact) mass is 599 g/mol. The Morgan fingerprint density at radius 1 is 0.462 bits per heavy atom. The molecule has 1 unspecified atom stereocenters. The van der Waals surface area contributed by atoms with Crippen molar-refractivity contribution in [3.8, 4) is 0 Å². The van der Waals surface area contributed by atoms with E-state index in [2.05, 4.69) is 0 Å². The molecule has 0 aliphatic heterocycles. The highest BCUT2D eigenvalue weighted by Crippen LogP contribution is 2.69. The van der Waals surface area contributed by atoms with Crippen LogP contribution in [0.25, 0.3) is 0 Å². The van der Waals surface area contributed by atoms with E-state index in [-0.39, 0.29) is 5.66 Å². The molecule has 196 valence electrons. The Labute approximate surface area is 241 Å². The third-order valence-electron chi connectivity index (χ3n) is 6.76. The van der Waals surface area contributed by atoms with E-state index in [9.17, 15) is 13.2 Å². The van der Waals surface area contributed by atoms with Crippen molar-refractivity contribution in [2.45, 2.75) is 11.8 Å².